The molecule has 0 fully saturated rings. The number of nitrogens with one attached hydrogen (secondary N) is 1. The van der Waals surface area contributed by atoms with Gasteiger partial charge >= 0.3 is 12.0 Å². The molecular formula is C12H23N3O4. The Morgan fingerprint density at radius 3 is 2.16 bits per heavy atom. The molecule has 7 nitrogen and oxygen atoms in total. The molecule has 0 radical (unpaired) electrons. The lowest BCUT2D eigenvalue weighted by Gasteiger charge is -2.28. The van der Waals surface area contributed by atoms with Crippen LogP contribution in [0, 0.1) is 0 Å². The molecular weight excluding hydrogens is 250 g/mol. The van der Waals surface area contributed by atoms with E-state index in [9.17, 15) is 14.4 Å². The topological polar surface area (TPSA) is 113 Å². The van der Waals surface area contributed by atoms with Gasteiger partial charge in [0.2, 0.25) is 5.91 Å². The monoisotopic (exact) mass is 273 g/mol. The van der Waals surface area contributed by atoms with Crippen molar-refractivity contribution in [3.8, 4) is 0 Å². The van der Waals surface area contributed by atoms with Crippen molar-refractivity contribution in [2.24, 2.45) is 5.73 Å². The Kier molecular flexibility index (Phi) is 7.55. The molecule has 0 spiro atoms. The van der Waals surface area contributed by atoms with Crippen LogP contribution in [0.1, 0.15) is 39.5 Å². The van der Waals surface area contributed by atoms with Crippen molar-refractivity contribution in [3.05, 3.63) is 0 Å². The number of nitrogens with two attached hydrogens (primary N) is 1. The summed E-state index contributed by atoms with van der Waals surface area (Å²) in [6.45, 7) is 3.92. The summed E-state index contributed by atoms with van der Waals surface area (Å²) >= 11 is 0. The van der Waals surface area contributed by atoms with E-state index in [2.05, 4.69) is 5.32 Å². The third-order valence-electron chi connectivity index (χ3n) is 3.09. The first-order valence-electron chi connectivity index (χ1n) is 6.37. The number of nitrogens with zero attached hydrogens (tertiary/aromatic N) is 1. The first-order chi connectivity index (χ1) is 8.83. The minimum Gasteiger partial charge on any atom is -0.480 e. The standard InChI is InChI=1S/C12H23N3O4/c1-4-8(5-2)15(3)12(19)14-9(11(17)18)6-7-10(13)16/h8-9H,4-7H2,1-3H3,(H2,13,16)(H,14,19)(H,17,18). The highest BCUT2D eigenvalue weighted by Crippen LogP contribution is 2.07. The molecule has 19 heavy (non-hydrogen) atoms. The summed E-state index contributed by atoms with van der Waals surface area (Å²) < 4.78 is 0. The third kappa shape index (κ3) is 6.08. The van der Waals surface area contributed by atoms with E-state index in [1.807, 2.05) is 13.8 Å². The minimum absolute atomic E-state index is 0.00678. The number of hydrogen-bond donors (Lipinski definition) is 3. The van der Waals surface area contributed by atoms with Gasteiger partial charge in [-0.1, -0.05) is 13.8 Å². The summed E-state index contributed by atoms with van der Waals surface area (Å²) in [4.78, 5) is 35.0. The molecule has 3 amide bonds. The van der Waals surface area contributed by atoms with E-state index in [1.165, 1.54) is 4.90 Å². The molecule has 7 heteroatoms. The van der Waals surface area contributed by atoms with Crippen molar-refractivity contribution < 1.29 is 19.5 Å². The van der Waals surface area contributed by atoms with Gasteiger partial charge in [0.25, 0.3) is 0 Å². The first-order valence-corrected chi connectivity index (χ1v) is 6.37. The summed E-state index contributed by atoms with van der Waals surface area (Å²) in [6, 6.07) is -1.49. The lowest BCUT2D eigenvalue weighted by atomic mass is 10.1. The fraction of sp³-hybridized carbons (Fsp3) is 0.750. The second-order valence-corrected chi connectivity index (χ2v) is 4.43. The molecule has 4 N–H and O–H groups in total. The van der Waals surface area contributed by atoms with E-state index >= 15 is 0 Å². The van der Waals surface area contributed by atoms with E-state index in [0.717, 1.165) is 12.8 Å². The Labute approximate surface area is 113 Å². The molecule has 110 valence electrons. The number of carboxylic acids is 1. The van der Waals surface area contributed by atoms with Crippen LogP contribution in [0.4, 0.5) is 4.79 Å². The van der Waals surface area contributed by atoms with Crippen LogP contribution in [0.5, 0.6) is 0 Å². The zero-order valence-corrected chi connectivity index (χ0v) is 11.7. The summed E-state index contributed by atoms with van der Waals surface area (Å²) in [5, 5.41) is 11.4. The van der Waals surface area contributed by atoms with Crippen LogP contribution in [0.25, 0.3) is 0 Å². The highest BCUT2D eigenvalue weighted by atomic mass is 16.4. The van der Waals surface area contributed by atoms with Gasteiger partial charge in [0.1, 0.15) is 6.04 Å². The highest BCUT2D eigenvalue weighted by molar-refractivity contribution is 5.83. The summed E-state index contributed by atoms with van der Waals surface area (Å²) in [5.74, 6) is -1.76. The SMILES string of the molecule is CCC(CC)N(C)C(=O)NC(CCC(N)=O)C(=O)O. The number of amides is 3. The lowest BCUT2D eigenvalue weighted by Crippen LogP contribution is -2.49. The van der Waals surface area contributed by atoms with Crippen LogP contribution >= 0.6 is 0 Å². The maximum Gasteiger partial charge on any atom is 0.326 e. The Bertz CT molecular complexity index is 329. The van der Waals surface area contributed by atoms with Crippen LogP contribution in [-0.4, -0.2) is 47.0 Å². The Morgan fingerprint density at radius 2 is 1.79 bits per heavy atom. The zero-order valence-electron chi connectivity index (χ0n) is 11.7. The largest absolute Gasteiger partial charge is 0.480 e. The van der Waals surface area contributed by atoms with Crippen LogP contribution in [-0.2, 0) is 9.59 Å². The zero-order chi connectivity index (χ0) is 15.0. The molecule has 0 saturated heterocycles. The van der Waals surface area contributed by atoms with Crippen LogP contribution in [0.15, 0.2) is 0 Å². The van der Waals surface area contributed by atoms with Crippen molar-refractivity contribution in [2.75, 3.05) is 7.05 Å². The van der Waals surface area contributed by atoms with Gasteiger partial charge in [0, 0.05) is 19.5 Å². The Hall–Kier alpha value is -1.79. The van der Waals surface area contributed by atoms with Gasteiger partial charge in [-0.3, -0.25) is 4.79 Å². The molecule has 0 aromatic carbocycles. The summed E-state index contributed by atoms with van der Waals surface area (Å²) in [5.41, 5.74) is 4.97. The van der Waals surface area contributed by atoms with E-state index < -0.39 is 23.9 Å². The predicted molar refractivity (Wildman–Crippen MR) is 70.5 cm³/mol. The fourth-order valence-electron chi connectivity index (χ4n) is 1.80. The molecule has 0 rings (SSSR count). The number of rotatable bonds is 8. The maximum atomic E-state index is 11.9. The average Bonchev–Trinajstić information content (AvgIpc) is 2.34. The molecule has 0 aliphatic carbocycles. The average molecular weight is 273 g/mol. The van der Waals surface area contributed by atoms with Crippen LogP contribution < -0.4 is 11.1 Å². The molecule has 0 bridgehead atoms. The second-order valence-electron chi connectivity index (χ2n) is 4.43. The van der Waals surface area contributed by atoms with Gasteiger partial charge < -0.3 is 21.1 Å². The highest BCUT2D eigenvalue weighted by Gasteiger charge is 2.24. The van der Waals surface area contributed by atoms with E-state index in [-0.39, 0.29) is 18.9 Å². The van der Waals surface area contributed by atoms with E-state index in [0.29, 0.717) is 0 Å². The third-order valence-corrected chi connectivity index (χ3v) is 3.09. The van der Waals surface area contributed by atoms with Gasteiger partial charge in [0.05, 0.1) is 0 Å². The Balaban J connectivity index is 4.53. The minimum atomic E-state index is -1.17. The maximum absolute atomic E-state index is 11.9. The second kappa shape index (κ2) is 8.34. The molecule has 1 unspecified atom stereocenters. The van der Waals surface area contributed by atoms with Crippen molar-refractivity contribution in [1.29, 1.82) is 0 Å². The van der Waals surface area contributed by atoms with Gasteiger partial charge in [-0.2, -0.15) is 0 Å². The van der Waals surface area contributed by atoms with Crippen molar-refractivity contribution in [2.45, 2.75) is 51.6 Å². The fourth-order valence-corrected chi connectivity index (χ4v) is 1.80. The number of urea groups is 1. The number of carboxylic acid groups (broad SMARTS) is 1. The molecule has 0 aliphatic rings. The first kappa shape index (κ1) is 17.2. The van der Waals surface area contributed by atoms with Crippen molar-refractivity contribution in [1.82, 2.24) is 10.2 Å². The molecule has 0 aromatic heterocycles. The molecule has 0 saturated carbocycles. The smallest absolute Gasteiger partial charge is 0.326 e. The van der Waals surface area contributed by atoms with E-state index in [4.69, 9.17) is 10.8 Å². The predicted octanol–water partition coefficient (Wildman–Crippen LogP) is 0.535. The molecule has 0 aliphatic heterocycles. The van der Waals surface area contributed by atoms with Gasteiger partial charge in [-0.05, 0) is 19.3 Å². The van der Waals surface area contributed by atoms with Gasteiger partial charge in [0.15, 0.2) is 0 Å². The molecule has 0 aromatic rings. The van der Waals surface area contributed by atoms with E-state index in [1.54, 1.807) is 7.05 Å². The summed E-state index contributed by atoms with van der Waals surface area (Å²) in [7, 11) is 1.62. The number of hydrogen-bond acceptors (Lipinski definition) is 3. The number of carbonyl (C=O) groups excluding carboxylic acids is 2. The lowest BCUT2D eigenvalue weighted by molar-refractivity contribution is -0.139. The van der Waals surface area contributed by atoms with Crippen LogP contribution in [0.3, 0.4) is 0 Å². The number of aliphatic carboxylic acids is 1. The van der Waals surface area contributed by atoms with Crippen LogP contribution in [0.2, 0.25) is 0 Å². The Morgan fingerprint density at radius 1 is 1.26 bits per heavy atom. The summed E-state index contributed by atoms with van der Waals surface area (Å²) in [6.07, 6.45) is 1.50. The quantitative estimate of drug-likeness (QED) is 0.598. The van der Waals surface area contributed by atoms with Gasteiger partial charge in [-0.15, -0.1) is 0 Å². The van der Waals surface area contributed by atoms with Crippen molar-refractivity contribution >= 4 is 17.9 Å². The number of primary amides is 1. The molecule has 1 atom stereocenters. The molecule has 0 heterocycles. The van der Waals surface area contributed by atoms with Gasteiger partial charge in [-0.25, -0.2) is 9.59 Å². The van der Waals surface area contributed by atoms with Crippen molar-refractivity contribution in [3.63, 3.8) is 0 Å². The normalized spacial score (nSPS) is 12.0. The number of carbonyl (C=O) groups is 3.